The molecule has 0 saturated heterocycles. The van der Waals surface area contributed by atoms with Crippen molar-refractivity contribution in [2.75, 3.05) is 11.9 Å². The molecule has 1 aromatic carbocycles. The third-order valence-corrected chi connectivity index (χ3v) is 3.89. The fourth-order valence-corrected chi connectivity index (χ4v) is 2.74. The monoisotopic (exact) mass is 260 g/mol. The highest BCUT2D eigenvalue weighted by Gasteiger charge is 2.21. The zero-order valence-electron chi connectivity index (χ0n) is 12.1. The van der Waals surface area contributed by atoms with Gasteiger partial charge in [0.2, 0.25) is 0 Å². The number of carbonyl (C=O) groups excluding carboxylic acids is 1. The molecule has 1 saturated carbocycles. The molecular weight excluding hydrogens is 236 g/mol. The zero-order valence-corrected chi connectivity index (χ0v) is 12.1. The number of rotatable bonds is 4. The van der Waals surface area contributed by atoms with Crippen molar-refractivity contribution in [3.05, 3.63) is 29.3 Å². The summed E-state index contributed by atoms with van der Waals surface area (Å²) in [5, 5.41) is 6.44. The summed E-state index contributed by atoms with van der Waals surface area (Å²) in [6.07, 6.45) is 3.75. The number of amides is 1. The lowest BCUT2D eigenvalue weighted by molar-refractivity contribution is 0.0956. The second-order valence-corrected chi connectivity index (χ2v) is 5.65. The number of carbonyl (C=O) groups is 1. The Balaban J connectivity index is 2.10. The van der Waals surface area contributed by atoms with Crippen molar-refractivity contribution < 1.29 is 4.79 Å². The van der Waals surface area contributed by atoms with E-state index >= 15 is 0 Å². The van der Waals surface area contributed by atoms with Crippen molar-refractivity contribution in [2.24, 2.45) is 5.92 Å². The molecule has 19 heavy (non-hydrogen) atoms. The number of benzene rings is 1. The summed E-state index contributed by atoms with van der Waals surface area (Å²) in [4.78, 5) is 11.9. The van der Waals surface area contributed by atoms with Gasteiger partial charge in [-0.05, 0) is 56.7 Å². The second kappa shape index (κ2) is 6.09. The van der Waals surface area contributed by atoms with Crippen LogP contribution in [-0.4, -0.2) is 18.5 Å². The minimum atomic E-state index is 0.00494. The molecule has 2 N–H and O–H groups in total. The van der Waals surface area contributed by atoms with Crippen LogP contribution in [0.3, 0.4) is 0 Å². The summed E-state index contributed by atoms with van der Waals surface area (Å²) in [7, 11) is 0. The molecular formula is C16H24N2O. The van der Waals surface area contributed by atoms with Gasteiger partial charge in [-0.1, -0.05) is 13.0 Å². The minimum Gasteiger partial charge on any atom is -0.382 e. The fourth-order valence-electron chi connectivity index (χ4n) is 2.74. The van der Waals surface area contributed by atoms with E-state index in [1.807, 2.05) is 25.1 Å². The molecule has 0 radical (unpaired) electrons. The first-order chi connectivity index (χ1) is 9.10. The summed E-state index contributed by atoms with van der Waals surface area (Å²) in [6.45, 7) is 6.99. The number of aryl methyl sites for hydroxylation is 1. The summed E-state index contributed by atoms with van der Waals surface area (Å²) >= 11 is 0. The van der Waals surface area contributed by atoms with E-state index < -0.39 is 0 Å². The fraction of sp³-hybridized carbons (Fsp3) is 0.562. The van der Waals surface area contributed by atoms with Crippen molar-refractivity contribution in [1.82, 2.24) is 5.32 Å². The molecule has 0 aromatic heterocycles. The minimum absolute atomic E-state index is 0.00494. The van der Waals surface area contributed by atoms with E-state index in [9.17, 15) is 4.79 Å². The van der Waals surface area contributed by atoms with Gasteiger partial charge in [-0.15, -0.1) is 0 Å². The van der Waals surface area contributed by atoms with E-state index in [1.54, 1.807) is 0 Å². The Morgan fingerprint density at radius 3 is 2.79 bits per heavy atom. The Kier molecular flexibility index (Phi) is 4.46. The molecule has 2 atom stereocenters. The van der Waals surface area contributed by atoms with Crippen LogP contribution >= 0.6 is 0 Å². The van der Waals surface area contributed by atoms with E-state index in [4.69, 9.17) is 0 Å². The Labute approximate surface area is 115 Å². The molecule has 0 heterocycles. The molecule has 2 unspecified atom stereocenters. The van der Waals surface area contributed by atoms with Crippen LogP contribution in [0.15, 0.2) is 18.2 Å². The van der Waals surface area contributed by atoms with Crippen molar-refractivity contribution in [3.63, 3.8) is 0 Å². The summed E-state index contributed by atoms with van der Waals surface area (Å²) < 4.78 is 0. The Bertz CT molecular complexity index is 456. The highest BCUT2D eigenvalue weighted by molar-refractivity contribution is 5.95. The molecule has 1 amide bonds. The van der Waals surface area contributed by atoms with E-state index in [0.717, 1.165) is 17.2 Å². The van der Waals surface area contributed by atoms with Crippen LogP contribution in [0.1, 0.15) is 49.0 Å². The predicted molar refractivity (Wildman–Crippen MR) is 79.6 cm³/mol. The molecule has 3 nitrogen and oxygen atoms in total. The summed E-state index contributed by atoms with van der Waals surface area (Å²) in [5.41, 5.74) is 3.04. The molecule has 0 bridgehead atoms. The largest absolute Gasteiger partial charge is 0.382 e. The average Bonchev–Trinajstić information content (AvgIpc) is 2.78. The molecule has 1 fully saturated rings. The van der Waals surface area contributed by atoms with Crippen molar-refractivity contribution >= 4 is 11.6 Å². The third-order valence-electron chi connectivity index (χ3n) is 3.89. The van der Waals surface area contributed by atoms with Crippen LogP contribution in [-0.2, 0) is 0 Å². The lowest BCUT2D eigenvalue weighted by atomic mass is 10.1. The van der Waals surface area contributed by atoms with Gasteiger partial charge < -0.3 is 10.6 Å². The van der Waals surface area contributed by atoms with Gasteiger partial charge in [0.25, 0.3) is 5.91 Å². The standard InChI is InChI=1S/C16H24N2O/c1-4-17-16(19)13-7-6-12(3)15(10-13)18-14-8-5-11(2)9-14/h6-7,10-11,14,18H,4-5,8-9H2,1-3H3,(H,17,19). The van der Waals surface area contributed by atoms with E-state index in [0.29, 0.717) is 12.6 Å². The van der Waals surface area contributed by atoms with Gasteiger partial charge in [-0.3, -0.25) is 4.79 Å². The summed E-state index contributed by atoms with van der Waals surface area (Å²) in [5.74, 6) is 0.815. The van der Waals surface area contributed by atoms with E-state index in [-0.39, 0.29) is 5.91 Å². The van der Waals surface area contributed by atoms with Crippen LogP contribution in [0.25, 0.3) is 0 Å². The average molecular weight is 260 g/mol. The lowest BCUT2D eigenvalue weighted by Gasteiger charge is -2.17. The molecule has 1 aliphatic carbocycles. The Morgan fingerprint density at radius 2 is 2.16 bits per heavy atom. The van der Waals surface area contributed by atoms with Crippen LogP contribution < -0.4 is 10.6 Å². The van der Waals surface area contributed by atoms with Crippen molar-refractivity contribution in [1.29, 1.82) is 0 Å². The summed E-state index contributed by atoms with van der Waals surface area (Å²) in [6, 6.07) is 6.44. The SMILES string of the molecule is CCNC(=O)c1ccc(C)c(NC2CCC(C)C2)c1. The van der Waals surface area contributed by atoms with E-state index in [2.05, 4.69) is 24.5 Å². The first-order valence-corrected chi connectivity index (χ1v) is 7.25. The number of anilines is 1. The van der Waals surface area contributed by atoms with Crippen LogP contribution in [0.5, 0.6) is 0 Å². The Morgan fingerprint density at radius 1 is 1.37 bits per heavy atom. The maximum Gasteiger partial charge on any atom is 0.251 e. The molecule has 104 valence electrons. The van der Waals surface area contributed by atoms with Gasteiger partial charge in [-0.2, -0.15) is 0 Å². The van der Waals surface area contributed by atoms with Gasteiger partial charge >= 0.3 is 0 Å². The number of hydrogen-bond donors (Lipinski definition) is 2. The number of nitrogens with one attached hydrogen (secondary N) is 2. The van der Waals surface area contributed by atoms with E-state index in [1.165, 1.54) is 24.8 Å². The van der Waals surface area contributed by atoms with Gasteiger partial charge in [-0.25, -0.2) is 0 Å². The third kappa shape index (κ3) is 3.49. The molecule has 0 aliphatic heterocycles. The maximum atomic E-state index is 11.9. The quantitative estimate of drug-likeness (QED) is 0.871. The lowest BCUT2D eigenvalue weighted by Crippen LogP contribution is -2.23. The second-order valence-electron chi connectivity index (χ2n) is 5.65. The molecule has 3 heteroatoms. The highest BCUT2D eigenvalue weighted by atomic mass is 16.1. The molecule has 2 rings (SSSR count). The van der Waals surface area contributed by atoms with Crippen LogP contribution in [0.4, 0.5) is 5.69 Å². The maximum absolute atomic E-state index is 11.9. The van der Waals surface area contributed by atoms with Crippen LogP contribution in [0.2, 0.25) is 0 Å². The molecule has 1 aromatic rings. The first kappa shape index (κ1) is 13.9. The van der Waals surface area contributed by atoms with Gasteiger partial charge in [0.05, 0.1) is 0 Å². The highest BCUT2D eigenvalue weighted by Crippen LogP contribution is 2.28. The van der Waals surface area contributed by atoms with Crippen molar-refractivity contribution in [3.8, 4) is 0 Å². The first-order valence-electron chi connectivity index (χ1n) is 7.25. The molecule has 1 aliphatic rings. The normalized spacial score (nSPS) is 22.3. The van der Waals surface area contributed by atoms with Crippen molar-refractivity contribution in [2.45, 2.75) is 46.1 Å². The smallest absolute Gasteiger partial charge is 0.251 e. The van der Waals surface area contributed by atoms with Gasteiger partial charge in [0, 0.05) is 23.8 Å². The Hall–Kier alpha value is -1.51. The van der Waals surface area contributed by atoms with Gasteiger partial charge in [0.15, 0.2) is 0 Å². The zero-order chi connectivity index (χ0) is 13.8. The van der Waals surface area contributed by atoms with Gasteiger partial charge in [0.1, 0.15) is 0 Å². The topological polar surface area (TPSA) is 41.1 Å². The molecule has 0 spiro atoms. The van der Waals surface area contributed by atoms with Crippen LogP contribution in [0, 0.1) is 12.8 Å². The number of hydrogen-bond acceptors (Lipinski definition) is 2. The predicted octanol–water partition coefficient (Wildman–Crippen LogP) is 3.35.